The zero-order chi connectivity index (χ0) is 24.9. The number of aliphatic carboxylic acids is 1. The fourth-order valence-corrected chi connectivity index (χ4v) is 4.49. The van der Waals surface area contributed by atoms with Crippen molar-refractivity contribution in [3.05, 3.63) is 38.8 Å². The lowest BCUT2D eigenvalue weighted by molar-refractivity contribution is -0.387. The van der Waals surface area contributed by atoms with Crippen LogP contribution in [0.4, 0.5) is 11.4 Å². The van der Waals surface area contributed by atoms with Gasteiger partial charge in [0.05, 0.1) is 28.6 Å². The van der Waals surface area contributed by atoms with Gasteiger partial charge < -0.3 is 35.6 Å². The first kappa shape index (κ1) is 26.3. The third kappa shape index (κ3) is 5.88. The normalized spacial score (nSPS) is 26.5. The van der Waals surface area contributed by atoms with Crippen molar-refractivity contribution >= 4 is 35.0 Å². The number of amides is 1. The number of nitro benzene ring substituents is 1. The molecule has 0 aliphatic carbocycles. The number of hydrogen-bond acceptors (Lipinski definition) is 11. The summed E-state index contributed by atoms with van der Waals surface area (Å²) in [4.78, 5) is 34.4. The van der Waals surface area contributed by atoms with E-state index in [-0.39, 0.29) is 10.6 Å². The second kappa shape index (κ2) is 10.8. The number of aliphatic hydroxyl groups excluding tert-OH is 4. The maximum atomic E-state index is 12.2. The van der Waals surface area contributed by atoms with Gasteiger partial charge in [-0.1, -0.05) is 22.9 Å². The van der Waals surface area contributed by atoms with Gasteiger partial charge in [0.1, 0.15) is 18.3 Å². The molecule has 16 heteroatoms. The predicted octanol–water partition coefficient (Wildman–Crippen LogP) is -0.222. The second-order valence-electron chi connectivity index (χ2n) is 7.08. The number of carbonyl (C=O) groups is 2. The summed E-state index contributed by atoms with van der Waals surface area (Å²) < 4.78 is 5.58. The number of rotatable bonds is 9. The quantitative estimate of drug-likeness (QED) is 0.0872. The summed E-state index contributed by atoms with van der Waals surface area (Å²) >= 11 is 0.341. The smallest absolute Gasteiger partial charge is 0.347 e. The molecule has 0 spiro atoms. The van der Waals surface area contributed by atoms with Gasteiger partial charge in [0.15, 0.2) is 0 Å². The Labute approximate surface area is 189 Å². The number of ether oxygens (including phenoxy) is 1. The number of azide groups is 1. The third-order valence-corrected chi connectivity index (χ3v) is 6.09. The van der Waals surface area contributed by atoms with Crippen molar-refractivity contribution in [1.82, 2.24) is 5.32 Å². The standard InChI is InChI=1S/C17H21N5O10S/c1-7(24)19-13-10(25)5-17(16(28)29,32-15(13)14(27)11(26)6-23)33-12-3-2-8(20-21-18)4-9(12)22(30)31/h2-4,10-11,13-15,23,25-27H,5-6H2,1H3,(H,19,24)(H,28,29)/t10-,11+,13+,14+,15+,17-/m0/s1. The summed E-state index contributed by atoms with van der Waals surface area (Å²) in [5.74, 6) is -2.32. The molecule has 1 aliphatic rings. The topological polar surface area (TPSA) is 248 Å². The monoisotopic (exact) mass is 487 g/mol. The number of carboxylic acid groups (broad SMARTS) is 1. The van der Waals surface area contributed by atoms with Gasteiger partial charge in [-0.2, -0.15) is 0 Å². The predicted molar refractivity (Wildman–Crippen MR) is 110 cm³/mol. The number of benzene rings is 1. The zero-order valence-corrected chi connectivity index (χ0v) is 17.8. The first-order chi connectivity index (χ1) is 15.5. The Morgan fingerprint density at radius 1 is 1.48 bits per heavy atom. The molecule has 0 unspecified atom stereocenters. The summed E-state index contributed by atoms with van der Waals surface area (Å²) in [7, 11) is 0. The van der Waals surface area contributed by atoms with E-state index in [0.717, 1.165) is 19.1 Å². The SMILES string of the molecule is CC(=O)N[C@H]1[C@H]([C@H](O)[C@H](O)CO)O[C@@](Sc2ccc(N=[N+]=[N-])cc2[N+](=O)[O-])(C(=O)O)C[C@@H]1O. The number of nitro groups is 1. The van der Waals surface area contributed by atoms with Gasteiger partial charge >= 0.3 is 5.97 Å². The zero-order valence-electron chi connectivity index (χ0n) is 17.0. The van der Waals surface area contributed by atoms with Crippen LogP contribution in [0, 0.1) is 10.1 Å². The molecule has 1 aromatic rings. The molecule has 180 valence electrons. The Kier molecular flexibility index (Phi) is 8.57. The van der Waals surface area contributed by atoms with Crippen LogP contribution < -0.4 is 5.32 Å². The summed E-state index contributed by atoms with van der Waals surface area (Å²) in [6.07, 6.45) is -7.77. The van der Waals surface area contributed by atoms with Crippen molar-refractivity contribution in [1.29, 1.82) is 0 Å². The molecule has 6 atom stereocenters. The van der Waals surface area contributed by atoms with Gasteiger partial charge in [0.2, 0.25) is 10.8 Å². The molecule has 1 heterocycles. The highest BCUT2D eigenvalue weighted by molar-refractivity contribution is 8.01. The van der Waals surface area contributed by atoms with Crippen molar-refractivity contribution < 1.29 is 44.8 Å². The van der Waals surface area contributed by atoms with Crippen molar-refractivity contribution in [2.24, 2.45) is 5.11 Å². The number of aliphatic hydroxyl groups is 4. The summed E-state index contributed by atoms with van der Waals surface area (Å²) in [5, 5.41) is 67.1. The third-order valence-electron chi connectivity index (χ3n) is 4.76. The number of carbonyl (C=O) groups excluding carboxylic acids is 1. The molecular weight excluding hydrogens is 466 g/mol. The molecule has 1 amide bonds. The summed E-state index contributed by atoms with van der Waals surface area (Å²) in [5.41, 5.74) is 7.81. The number of nitrogens with zero attached hydrogens (tertiary/aromatic N) is 4. The molecule has 1 fully saturated rings. The van der Waals surface area contributed by atoms with E-state index in [0.29, 0.717) is 11.8 Å². The summed E-state index contributed by atoms with van der Waals surface area (Å²) in [6.45, 7) is 0.157. The van der Waals surface area contributed by atoms with Crippen LogP contribution in [-0.4, -0.2) is 84.3 Å². The average molecular weight is 487 g/mol. The van der Waals surface area contributed by atoms with Crippen LogP contribution in [0.1, 0.15) is 13.3 Å². The highest BCUT2D eigenvalue weighted by Gasteiger charge is 2.55. The number of thioether (sulfide) groups is 1. The van der Waals surface area contributed by atoms with E-state index < -0.39 is 70.9 Å². The minimum Gasteiger partial charge on any atom is -0.478 e. The second-order valence-corrected chi connectivity index (χ2v) is 8.38. The lowest BCUT2D eigenvalue weighted by Crippen LogP contribution is -2.66. The number of carboxylic acids is 1. The molecule has 15 nitrogen and oxygen atoms in total. The Balaban J connectivity index is 2.54. The number of hydrogen-bond donors (Lipinski definition) is 6. The van der Waals surface area contributed by atoms with Crippen LogP contribution in [0.15, 0.2) is 28.2 Å². The minimum atomic E-state index is -2.40. The molecule has 0 saturated carbocycles. The largest absolute Gasteiger partial charge is 0.478 e. The molecule has 0 bridgehead atoms. The van der Waals surface area contributed by atoms with Crippen LogP contribution in [0.3, 0.4) is 0 Å². The van der Waals surface area contributed by atoms with Crippen molar-refractivity contribution in [2.45, 2.75) is 53.6 Å². The molecule has 1 aliphatic heterocycles. The molecule has 0 radical (unpaired) electrons. The Bertz CT molecular complexity index is 974. The molecular formula is C17H21N5O10S. The van der Waals surface area contributed by atoms with Crippen molar-refractivity contribution in [2.75, 3.05) is 6.61 Å². The highest BCUT2D eigenvalue weighted by Crippen LogP contribution is 2.47. The van der Waals surface area contributed by atoms with Gasteiger partial charge in [0.25, 0.3) is 5.69 Å². The maximum Gasteiger partial charge on any atom is 0.347 e. The maximum absolute atomic E-state index is 12.2. The van der Waals surface area contributed by atoms with Crippen LogP contribution in [-0.2, 0) is 14.3 Å². The van der Waals surface area contributed by atoms with Gasteiger partial charge in [-0.05, 0) is 11.6 Å². The van der Waals surface area contributed by atoms with E-state index >= 15 is 0 Å². The molecule has 1 aromatic carbocycles. The van der Waals surface area contributed by atoms with Crippen LogP contribution >= 0.6 is 11.8 Å². The van der Waals surface area contributed by atoms with E-state index in [2.05, 4.69) is 15.3 Å². The molecule has 6 N–H and O–H groups in total. The fraction of sp³-hybridized carbons (Fsp3) is 0.529. The summed E-state index contributed by atoms with van der Waals surface area (Å²) in [6, 6.07) is 1.88. The van der Waals surface area contributed by atoms with E-state index in [4.69, 9.17) is 15.4 Å². The van der Waals surface area contributed by atoms with Crippen molar-refractivity contribution in [3.63, 3.8) is 0 Å². The first-order valence-electron chi connectivity index (χ1n) is 9.31. The van der Waals surface area contributed by atoms with E-state index in [1.54, 1.807) is 0 Å². The van der Waals surface area contributed by atoms with Crippen LogP contribution in [0.25, 0.3) is 10.4 Å². The fourth-order valence-electron chi connectivity index (χ4n) is 3.26. The number of nitrogens with one attached hydrogen (secondary N) is 1. The molecule has 33 heavy (non-hydrogen) atoms. The van der Waals surface area contributed by atoms with Gasteiger partial charge in [-0.15, -0.1) is 0 Å². The average Bonchev–Trinajstić information content (AvgIpc) is 2.75. The Hall–Kier alpha value is -2.98. The van der Waals surface area contributed by atoms with E-state index in [1.807, 2.05) is 0 Å². The van der Waals surface area contributed by atoms with Crippen molar-refractivity contribution in [3.8, 4) is 0 Å². The Morgan fingerprint density at radius 2 is 2.15 bits per heavy atom. The van der Waals surface area contributed by atoms with Crippen LogP contribution in [0.2, 0.25) is 0 Å². The minimum absolute atomic E-state index is 0.104. The van der Waals surface area contributed by atoms with E-state index in [1.165, 1.54) is 6.07 Å². The van der Waals surface area contributed by atoms with Gasteiger partial charge in [-0.3, -0.25) is 14.9 Å². The lowest BCUT2D eigenvalue weighted by atomic mass is 9.90. The van der Waals surface area contributed by atoms with E-state index in [9.17, 15) is 40.1 Å². The lowest BCUT2D eigenvalue weighted by Gasteiger charge is -2.46. The first-order valence-corrected chi connectivity index (χ1v) is 10.1. The molecule has 1 saturated heterocycles. The Morgan fingerprint density at radius 3 is 2.67 bits per heavy atom. The molecule has 2 rings (SSSR count). The highest BCUT2D eigenvalue weighted by atomic mass is 32.2. The van der Waals surface area contributed by atoms with Crippen LogP contribution in [0.5, 0.6) is 0 Å². The molecule has 0 aromatic heterocycles. The van der Waals surface area contributed by atoms with Gasteiger partial charge in [0, 0.05) is 30.0 Å². The van der Waals surface area contributed by atoms with Gasteiger partial charge in [-0.25, -0.2) is 4.79 Å².